The Morgan fingerprint density at radius 2 is 1.59 bits per heavy atom. The van der Waals surface area contributed by atoms with Crippen LogP contribution in [0.5, 0.6) is 0 Å². The lowest BCUT2D eigenvalue weighted by Crippen LogP contribution is -2.25. The van der Waals surface area contributed by atoms with Gasteiger partial charge >= 0.3 is 0 Å². The highest BCUT2D eigenvalue weighted by Crippen LogP contribution is 2.24. The number of rotatable bonds is 2. The minimum atomic E-state index is 0. The van der Waals surface area contributed by atoms with Crippen LogP contribution >= 0.6 is 24.8 Å². The molecule has 0 radical (unpaired) electrons. The lowest BCUT2D eigenvalue weighted by Gasteiger charge is -2.15. The van der Waals surface area contributed by atoms with E-state index in [-0.39, 0.29) is 24.8 Å². The number of nitrogens with zero attached hydrogens (tertiary/aromatic N) is 3. The lowest BCUT2D eigenvalue weighted by atomic mass is 10.1. The molecule has 22 heavy (non-hydrogen) atoms. The van der Waals surface area contributed by atoms with E-state index >= 15 is 0 Å². The Kier molecular flexibility index (Phi) is 7.07. The molecule has 2 heterocycles. The SMILES string of the molecule is CCN1CCc2nc(N)c(-c3ccccc3)nc2CC1.Cl.Cl. The number of aromatic nitrogens is 2. The molecule has 1 aliphatic heterocycles. The molecule has 0 amide bonds. The van der Waals surface area contributed by atoms with Gasteiger partial charge in [-0.3, -0.25) is 0 Å². The fourth-order valence-electron chi connectivity index (χ4n) is 2.68. The van der Waals surface area contributed by atoms with Gasteiger partial charge in [0.15, 0.2) is 0 Å². The number of nitrogen functional groups attached to an aromatic ring is 1. The molecule has 0 saturated carbocycles. The van der Waals surface area contributed by atoms with Crippen LogP contribution in [-0.4, -0.2) is 34.5 Å². The Labute approximate surface area is 144 Å². The van der Waals surface area contributed by atoms with E-state index in [0.29, 0.717) is 5.82 Å². The van der Waals surface area contributed by atoms with Gasteiger partial charge in [-0.15, -0.1) is 24.8 Å². The number of hydrogen-bond acceptors (Lipinski definition) is 4. The summed E-state index contributed by atoms with van der Waals surface area (Å²) in [6.45, 7) is 5.37. The molecule has 120 valence electrons. The first-order valence-corrected chi connectivity index (χ1v) is 7.21. The zero-order valence-corrected chi connectivity index (χ0v) is 14.3. The molecule has 0 fully saturated rings. The Hall–Kier alpha value is -1.36. The second-order valence-electron chi connectivity index (χ2n) is 5.15. The highest BCUT2D eigenvalue weighted by atomic mass is 35.5. The van der Waals surface area contributed by atoms with Crippen LogP contribution in [0.25, 0.3) is 11.3 Å². The molecule has 0 atom stereocenters. The van der Waals surface area contributed by atoms with Crippen molar-refractivity contribution >= 4 is 30.6 Å². The third-order valence-electron chi connectivity index (χ3n) is 3.90. The van der Waals surface area contributed by atoms with E-state index in [2.05, 4.69) is 16.8 Å². The number of hydrogen-bond donors (Lipinski definition) is 1. The van der Waals surface area contributed by atoms with Gasteiger partial charge in [-0.1, -0.05) is 37.3 Å². The fraction of sp³-hybridized carbons (Fsp3) is 0.375. The van der Waals surface area contributed by atoms with Crippen molar-refractivity contribution in [2.45, 2.75) is 19.8 Å². The molecule has 0 aliphatic carbocycles. The number of halogens is 2. The average molecular weight is 341 g/mol. The molecule has 1 aliphatic rings. The number of anilines is 1. The van der Waals surface area contributed by atoms with Gasteiger partial charge in [0.05, 0.1) is 11.4 Å². The summed E-state index contributed by atoms with van der Waals surface area (Å²) in [4.78, 5) is 11.8. The van der Waals surface area contributed by atoms with E-state index in [0.717, 1.165) is 55.1 Å². The van der Waals surface area contributed by atoms with Crippen LogP contribution in [-0.2, 0) is 12.8 Å². The summed E-state index contributed by atoms with van der Waals surface area (Å²) in [6, 6.07) is 10.1. The summed E-state index contributed by atoms with van der Waals surface area (Å²) < 4.78 is 0. The van der Waals surface area contributed by atoms with E-state index in [4.69, 9.17) is 10.7 Å². The van der Waals surface area contributed by atoms with Crippen LogP contribution in [0.2, 0.25) is 0 Å². The summed E-state index contributed by atoms with van der Waals surface area (Å²) in [6.07, 6.45) is 1.89. The van der Waals surface area contributed by atoms with Gasteiger partial charge in [0.2, 0.25) is 0 Å². The summed E-state index contributed by atoms with van der Waals surface area (Å²) in [5, 5.41) is 0. The van der Waals surface area contributed by atoms with E-state index in [9.17, 15) is 0 Å². The topological polar surface area (TPSA) is 55.0 Å². The van der Waals surface area contributed by atoms with Crippen LogP contribution in [0.15, 0.2) is 30.3 Å². The fourth-order valence-corrected chi connectivity index (χ4v) is 2.68. The molecule has 0 bridgehead atoms. The van der Waals surface area contributed by atoms with Crippen molar-refractivity contribution in [1.82, 2.24) is 14.9 Å². The van der Waals surface area contributed by atoms with E-state index in [1.807, 2.05) is 30.3 Å². The predicted molar refractivity (Wildman–Crippen MR) is 95.9 cm³/mol. The summed E-state index contributed by atoms with van der Waals surface area (Å²) in [5.41, 5.74) is 10.1. The second kappa shape index (κ2) is 8.32. The zero-order valence-electron chi connectivity index (χ0n) is 12.7. The van der Waals surface area contributed by atoms with Gasteiger partial charge in [-0.2, -0.15) is 0 Å². The Morgan fingerprint density at radius 1 is 1.00 bits per heavy atom. The first-order valence-electron chi connectivity index (χ1n) is 7.21. The molecule has 2 aromatic rings. The molecule has 3 rings (SSSR count). The quantitative estimate of drug-likeness (QED) is 0.912. The average Bonchev–Trinajstić information content (AvgIpc) is 2.69. The number of fused-ring (bicyclic) bond motifs is 1. The molecule has 1 aromatic heterocycles. The summed E-state index contributed by atoms with van der Waals surface area (Å²) in [7, 11) is 0. The second-order valence-corrected chi connectivity index (χ2v) is 5.15. The highest BCUT2D eigenvalue weighted by molar-refractivity contribution is 5.85. The van der Waals surface area contributed by atoms with Crippen LogP contribution in [0.4, 0.5) is 5.82 Å². The van der Waals surface area contributed by atoms with Gasteiger partial charge in [0.1, 0.15) is 11.5 Å². The van der Waals surface area contributed by atoms with Crippen LogP contribution in [0.3, 0.4) is 0 Å². The van der Waals surface area contributed by atoms with Gasteiger partial charge in [0.25, 0.3) is 0 Å². The molecule has 0 saturated heterocycles. The predicted octanol–water partition coefficient (Wildman–Crippen LogP) is 2.99. The van der Waals surface area contributed by atoms with Crippen molar-refractivity contribution < 1.29 is 0 Å². The minimum Gasteiger partial charge on any atom is -0.382 e. The van der Waals surface area contributed by atoms with Crippen molar-refractivity contribution in [1.29, 1.82) is 0 Å². The number of benzene rings is 1. The van der Waals surface area contributed by atoms with Gasteiger partial charge in [-0.05, 0) is 6.54 Å². The smallest absolute Gasteiger partial charge is 0.150 e. The molecule has 1 aromatic carbocycles. The molecule has 0 spiro atoms. The lowest BCUT2D eigenvalue weighted by molar-refractivity contribution is 0.302. The molecule has 0 unspecified atom stereocenters. The zero-order chi connectivity index (χ0) is 13.9. The molecular formula is C16H22Cl2N4. The molecular weight excluding hydrogens is 319 g/mol. The maximum Gasteiger partial charge on any atom is 0.150 e. The monoisotopic (exact) mass is 340 g/mol. The van der Waals surface area contributed by atoms with Crippen molar-refractivity contribution in [3.8, 4) is 11.3 Å². The number of likely N-dealkylation sites (N-methyl/N-ethyl adjacent to an activating group) is 1. The number of nitrogens with two attached hydrogens (primary N) is 1. The summed E-state index contributed by atoms with van der Waals surface area (Å²) >= 11 is 0. The molecule has 4 nitrogen and oxygen atoms in total. The van der Waals surface area contributed by atoms with Gasteiger partial charge in [0, 0.05) is 31.5 Å². The molecule has 2 N–H and O–H groups in total. The van der Waals surface area contributed by atoms with E-state index < -0.39 is 0 Å². The maximum atomic E-state index is 6.11. The largest absolute Gasteiger partial charge is 0.382 e. The summed E-state index contributed by atoms with van der Waals surface area (Å²) in [5.74, 6) is 0.542. The molecule has 6 heteroatoms. The van der Waals surface area contributed by atoms with Crippen LogP contribution in [0.1, 0.15) is 18.3 Å². The van der Waals surface area contributed by atoms with Crippen molar-refractivity contribution in [2.75, 3.05) is 25.4 Å². The standard InChI is InChI=1S/C16H20N4.2ClH/c1-2-20-10-8-13-14(9-11-20)19-16(17)15(18-13)12-6-4-3-5-7-12;;/h3-7H,2,8-11H2,1H3,(H2,17,19);2*1H. The first kappa shape index (κ1) is 18.7. The van der Waals surface area contributed by atoms with E-state index in [1.165, 1.54) is 0 Å². The van der Waals surface area contributed by atoms with E-state index in [1.54, 1.807) is 0 Å². The Balaban J connectivity index is 0.00000121. The normalized spacial score (nSPS) is 14.2. The van der Waals surface area contributed by atoms with Crippen molar-refractivity contribution in [3.63, 3.8) is 0 Å². The van der Waals surface area contributed by atoms with Crippen molar-refractivity contribution in [3.05, 3.63) is 41.7 Å². The highest BCUT2D eigenvalue weighted by Gasteiger charge is 2.18. The third-order valence-corrected chi connectivity index (χ3v) is 3.90. The first-order chi connectivity index (χ1) is 9.78. The Morgan fingerprint density at radius 3 is 2.18 bits per heavy atom. The van der Waals surface area contributed by atoms with Crippen molar-refractivity contribution in [2.24, 2.45) is 0 Å². The van der Waals surface area contributed by atoms with Gasteiger partial charge < -0.3 is 10.6 Å². The minimum absolute atomic E-state index is 0. The van der Waals surface area contributed by atoms with Crippen LogP contribution < -0.4 is 5.73 Å². The third kappa shape index (κ3) is 3.88. The maximum absolute atomic E-state index is 6.11. The van der Waals surface area contributed by atoms with Gasteiger partial charge in [-0.25, -0.2) is 9.97 Å². The van der Waals surface area contributed by atoms with Crippen LogP contribution in [0, 0.1) is 0 Å². The Bertz CT molecular complexity index is 605.